The van der Waals surface area contributed by atoms with E-state index in [9.17, 15) is 4.79 Å². The maximum atomic E-state index is 12.3. The van der Waals surface area contributed by atoms with Crippen molar-refractivity contribution < 1.29 is 9.53 Å². The summed E-state index contributed by atoms with van der Waals surface area (Å²) in [5, 5.41) is 5.32. The fraction of sp³-hybridized carbons (Fsp3) is 0.182. The lowest BCUT2D eigenvalue weighted by atomic mass is 10.1. The molecule has 0 aliphatic rings. The van der Waals surface area contributed by atoms with Crippen molar-refractivity contribution in [1.29, 1.82) is 0 Å². The van der Waals surface area contributed by atoms with Gasteiger partial charge in [-0.15, -0.1) is 0 Å². The van der Waals surface area contributed by atoms with E-state index in [2.05, 4.69) is 15.5 Å². The number of para-hydroxylation sites is 1. The highest BCUT2D eigenvalue weighted by atomic mass is 32.1. The highest BCUT2D eigenvalue weighted by Gasteiger charge is 2.21. The van der Waals surface area contributed by atoms with Gasteiger partial charge in [0.2, 0.25) is 0 Å². The van der Waals surface area contributed by atoms with Crippen molar-refractivity contribution in [2.75, 3.05) is 6.61 Å². The first kappa shape index (κ1) is 19.0. The van der Waals surface area contributed by atoms with Crippen LogP contribution in [-0.2, 0) is 4.74 Å². The molecule has 0 unspecified atom stereocenters. The molecule has 2 aromatic heterocycles. The van der Waals surface area contributed by atoms with E-state index >= 15 is 0 Å². The van der Waals surface area contributed by atoms with Gasteiger partial charge in [0.25, 0.3) is 0 Å². The van der Waals surface area contributed by atoms with Gasteiger partial charge in [-0.3, -0.25) is 0 Å². The summed E-state index contributed by atoms with van der Waals surface area (Å²) in [7, 11) is 0. The summed E-state index contributed by atoms with van der Waals surface area (Å²) in [5.41, 5.74) is 4.95. The summed E-state index contributed by atoms with van der Waals surface area (Å²) in [6.07, 6.45) is 0. The number of ether oxygens (including phenoxy) is 1. The Morgan fingerprint density at radius 3 is 2.69 bits per heavy atom. The maximum Gasteiger partial charge on any atom is 0.358 e. The van der Waals surface area contributed by atoms with Gasteiger partial charge in [-0.25, -0.2) is 14.5 Å². The summed E-state index contributed by atoms with van der Waals surface area (Å²) >= 11 is 1.32. The van der Waals surface area contributed by atoms with Gasteiger partial charge in [0, 0.05) is 11.6 Å². The van der Waals surface area contributed by atoms with Gasteiger partial charge in [0.1, 0.15) is 10.7 Å². The Bertz CT molecular complexity index is 1180. The third-order valence-corrected chi connectivity index (χ3v) is 5.22. The molecule has 2 aromatic carbocycles. The minimum Gasteiger partial charge on any atom is -0.461 e. The van der Waals surface area contributed by atoms with Gasteiger partial charge in [-0.05, 0) is 50.0 Å². The molecule has 146 valence electrons. The van der Waals surface area contributed by atoms with Crippen LogP contribution in [0.5, 0.6) is 0 Å². The van der Waals surface area contributed by atoms with E-state index < -0.39 is 5.97 Å². The molecule has 7 heteroatoms. The number of nitrogens with zero attached hydrogens (tertiary/aromatic N) is 4. The van der Waals surface area contributed by atoms with E-state index in [0.29, 0.717) is 11.5 Å². The molecule has 0 amide bonds. The molecular formula is C22H20N4O2S. The number of benzene rings is 2. The molecule has 0 saturated carbocycles. The van der Waals surface area contributed by atoms with Gasteiger partial charge in [-0.1, -0.05) is 42.0 Å². The van der Waals surface area contributed by atoms with E-state index in [1.807, 2.05) is 56.3 Å². The molecule has 6 nitrogen and oxygen atoms in total. The number of rotatable bonds is 5. The fourth-order valence-corrected chi connectivity index (χ4v) is 3.72. The standard InChI is InChI=1S/C22H20N4O2S/c1-4-28-22(27)17-13-19(26(24-17)18-11-6-5-9-15(18)3)20-23-21(29-25-20)16-10-7-8-14(2)12-16/h5-13H,4H2,1-3H3. The Hall–Kier alpha value is -3.32. The smallest absolute Gasteiger partial charge is 0.358 e. The monoisotopic (exact) mass is 404 g/mol. The van der Waals surface area contributed by atoms with Gasteiger partial charge in [0.15, 0.2) is 11.5 Å². The van der Waals surface area contributed by atoms with Gasteiger partial charge >= 0.3 is 5.97 Å². The number of hydrogen-bond acceptors (Lipinski definition) is 6. The first-order valence-corrected chi connectivity index (χ1v) is 10.1. The van der Waals surface area contributed by atoms with Crippen molar-refractivity contribution >= 4 is 17.5 Å². The van der Waals surface area contributed by atoms with Crippen LogP contribution < -0.4 is 0 Å². The summed E-state index contributed by atoms with van der Waals surface area (Å²) in [6.45, 7) is 6.10. The molecule has 0 atom stereocenters. The number of aromatic nitrogens is 4. The van der Waals surface area contributed by atoms with Crippen LogP contribution in [0.3, 0.4) is 0 Å². The molecule has 0 saturated heterocycles. The quantitative estimate of drug-likeness (QED) is 0.445. The summed E-state index contributed by atoms with van der Waals surface area (Å²) in [4.78, 5) is 17.0. The van der Waals surface area contributed by atoms with E-state index in [0.717, 1.165) is 27.4 Å². The first-order chi connectivity index (χ1) is 14.1. The highest BCUT2D eigenvalue weighted by molar-refractivity contribution is 7.09. The van der Waals surface area contributed by atoms with Crippen LogP contribution in [0.2, 0.25) is 0 Å². The molecule has 0 N–H and O–H groups in total. The average Bonchev–Trinajstić information content (AvgIpc) is 3.36. The van der Waals surface area contributed by atoms with Crippen molar-refractivity contribution in [3.63, 3.8) is 0 Å². The zero-order valence-corrected chi connectivity index (χ0v) is 17.2. The maximum absolute atomic E-state index is 12.3. The van der Waals surface area contributed by atoms with Crippen molar-refractivity contribution in [2.24, 2.45) is 0 Å². The largest absolute Gasteiger partial charge is 0.461 e. The SMILES string of the molecule is CCOC(=O)c1cc(-c2nsc(-c3cccc(C)c3)n2)n(-c2ccccc2C)n1. The molecule has 0 spiro atoms. The molecule has 0 bridgehead atoms. The van der Waals surface area contributed by atoms with Crippen LogP contribution in [0.4, 0.5) is 0 Å². The van der Waals surface area contributed by atoms with E-state index in [1.54, 1.807) is 17.7 Å². The normalized spacial score (nSPS) is 10.9. The van der Waals surface area contributed by atoms with Crippen LogP contribution in [0, 0.1) is 13.8 Å². The summed E-state index contributed by atoms with van der Waals surface area (Å²) in [6, 6.07) is 17.7. The molecule has 0 fully saturated rings. The zero-order chi connectivity index (χ0) is 20.4. The number of esters is 1. The topological polar surface area (TPSA) is 69.9 Å². The van der Waals surface area contributed by atoms with E-state index in [-0.39, 0.29) is 12.3 Å². The lowest BCUT2D eigenvalue weighted by molar-refractivity contribution is 0.0519. The van der Waals surface area contributed by atoms with Crippen LogP contribution in [0.15, 0.2) is 54.6 Å². The van der Waals surface area contributed by atoms with Gasteiger partial charge < -0.3 is 4.74 Å². The molecule has 4 rings (SSSR count). The Labute approximate surface area is 173 Å². The van der Waals surface area contributed by atoms with Crippen molar-refractivity contribution in [2.45, 2.75) is 20.8 Å². The van der Waals surface area contributed by atoms with Crippen molar-refractivity contribution in [1.82, 2.24) is 19.1 Å². The second-order valence-corrected chi connectivity index (χ2v) is 7.38. The summed E-state index contributed by atoms with van der Waals surface area (Å²) in [5.74, 6) is 0.0630. The van der Waals surface area contributed by atoms with E-state index in [4.69, 9.17) is 9.72 Å². The lowest BCUT2D eigenvalue weighted by Crippen LogP contribution is -2.07. The number of carbonyl (C=O) groups excluding carboxylic acids is 1. The molecule has 29 heavy (non-hydrogen) atoms. The second kappa shape index (κ2) is 7.97. The highest BCUT2D eigenvalue weighted by Crippen LogP contribution is 2.29. The molecule has 0 aliphatic heterocycles. The Morgan fingerprint density at radius 2 is 1.93 bits per heavy atom. The Morgan fingerprint density at radius 1 is 1.10 bits per heavy atom. The molecular weight excluding hydrogens is 384 g/mol. The molecule has 4 aromatic rings. The van der Waals surface area contributed by atoms with Crippen LogP contribution >= 0.6 is 11.5 Å². The Balaban J connectivity index is 1.82. The molecule has 0 radical (unpaired) electrons. The number of aryl methyl sites for hydroxylation is 2. The van der Waals surface area contributed by atoms with Crippen LogP contribution in [-0.4, -0.2) is 31.7 Å². The average molecular weight is 404 g/mol. The van der Waals surface area contributed by atoms with Crippen molar-refractivity contribution in [3.8, 4) is 27.8 Å². The first-order valence-electron chi connectivity index (χ1n) is 9.31. The minimum atomic E-state index is -0.463. The summed E-state index contributed by atoms with van der Waals surface area (Å²) < 4.78 is 11.4. The minimum absolute atomic E-state index is 0.233. The lowest BCUT2D eigenvalue weighted by Gasteiger charge is -2.08. The third-order valence-electron chi connectivity index (χ3n) is 4.46. The van der Waals surface area contributed by atoms with E-state index in [1.165, 1.54) is 11.5 Å². The van der Waals surface area contributed by atoms with Crippen LogP contribution in [0.1, 0.15) is 28.5 Å². The Kier molecular flexibility index (Phi) is 5.22. The second-order valence-electron chi connectivity index (χ2n) is 6.63. The predicted molar refractivity (Wildman–Crippen MR) is 113 cm³/mol. The van der Waals surface area contributed by atoms with Gasteiger partial charge in [0.05, 0.1) is 12.3 Å². The van der Waals surface area contributed by atoms with Gasteiger partial charge in [-0.2, -0.15) is 9.47 Å². The zero-order valence-electron chi connectivity index (χ0n) is 16.4. The fourth-order valence-electron chi connectivity index (χ4n) is 3.05. The van der Waals surface area contributed by atoms with Crippen molar-refractivity contribution in [3.05, 3.63) is 71.4 Å². The number of hydrogen-bond donors (Lipinski definition) is 0. The molecule has 0 aliphatic carbocycles. The number of carbonyl (C=O) groups is 1. The van der Waals surface area contributed by atoms with Crippen LogP contribution in [0.25, 0.3) is 27.8 Å². The third kappa shape index (κ3) is 3.82. The predicted octanol–water partition coefficient (Wildman–Crippen LogP) is 4.85. The molecule has 2 heterocycles.